The number of anilines is 1. The molecular weight excluding hydrogens is 266 g/mol. The minimum atomic E-state index is -0.283. The largest absolute Gasteiger partial charge is 0.399 e. The smallest absolute Gasteiger partial charge is 0.251 e. The van der Waals surface area contributed by atoms with Crippen molar-refractivity contribution in [1.29, 1.82) is 0 Å². The van der Waals surface area contributed by atoms with Crippen molar-refractivity contribution < 1.29 is 9.59 Å². The van der Waals surface area contributed by atoms with E-state index in [-0.39, 0.29) is 23.8 Å². The molecule has 0 aromatic heterocycles. The van der Waals surface area contributed by atoms with Gasteiger partial charge in [-0.1, -0.05) is 27.7 Å². The SMILES string of the molecule is CC(CNC(=O)CNC(=O)c1ccc(N)cc1)C(C)(C)C. The average molecular weight is 291 g/mol. The van der Waals surface area contributed by atoms with Gasteiger partial charge in [0.1, 0.15) is 0 Å². The second-order valence-corrected chi connectivity index (χ2v) is 6.38. The van der Waals surface area contributed by atoms with Crippen LogP contribution in [0.3, 0.4) is 0 Å². The van der Waals surface area contributed by atoms with Crippen LogP contribution >= 0.6 is 0 Å². The molecule has 0 heterocycles. The molecule has 0 fully saturated rings. The summed E-state index contributed by atoms with van der Waals surface area (Å²) in [5.41, 5.74) is 6.78. The molecule has 21 heavy (non-hydrogen) atoms. The van der Waals surface area contributed by atoms with Gasteiger partial charge in [-0.05, 0) is 35.6 Å². The number of hydrogen-bond donors (Lipinski definition) is 3. The predicted molar refractivity (Wildman–Crippen MR) is 84.8 cm³/mol. The van der Waals surface area contributed by atoms with Gasteiger partial charge in [0, 0.05) is 17.8 Å². The zero-order valence-corrected chi connectivity index (χ0v) is 13.2. The third kappa shape index (κ3) is 5.85. The van der Waals surface area contributed by atoms with Crippen molar-refractivity contribution in [3.05, 3.63) is 29.8 Å². The molecule has 5 nitrogen and oxygen atoms in total. The van der Waals surface area contributed by atoms with Crippen molar-refractivity contribution in [2.75, 3.05) is 18.8 Å². The molecule has 1 unspecified atom stereocenters. The van der Waals surface area contributed by atoms with Crippen LogP contribution in [0.1, 0.15) is 38.1 Å². The van der Waals surface area contributed by atoms with Gasteiger partial charge in [0.05, 0.1) is 6.54 Å². The van der Waals surface area contributed by atoms with E-state index in [2.05, 4.69) is 38.3 Å². The lowest BCUT2D eigenvalue weighted by Gasteiger charge is -2.27. The molecule has 4 N–H and O–H groups in total. The molecule has 0 radical (unpaired) electrons. The highest BCUT2D eigenvalue weighted by molar-refractivity contribution is 5.96. The Labute approximate surface area is 126 Å². The molecule has 0 aliphatic rings. The first-order valence-electron chi connectivity index (χ1n) is 7.10. The molecule has 0 bridgehead atoms. The normalized spacial score (nSPS) is 12.6. The molecule has 1 aromatic rings. The average Bonchev–Trinajstić information content (AvgIpc) is 2.41. The fraction of sp³-hybridized carbons (Fsp3) is 0.500. The van der Waals surface area contributed by atoms with Gasteiger partial charge in [0.15, 0.2) is 0 Å². The van der Waals surface area contributed by atoms with Crippen LogP contribution in [0.2, 0.25) is 0 Å². The number of nitrogens with two attached hydrogens (primary N) is 1. The highest BCUT2D eigenvalue weighted by Gasteiger charge is 2.20. The third-order valence-corrected chi connectivity index (χ3v) is 3.67. The van der Waals surface area contributed by atoms with Crippen molar-refractivity contribution >= 4 is 17.5 Å². The summed E-state index contributed by atoms with van der Waals surface area (Å²) >= 11 is 0. The van der Waals surface area contributed by atoms with E-state index in [1.165, 1.54) is 0 Å². The van der Waals surface area contributed by atoms with Crippen molar-refractivity contribution in [3.8, 4) is 0 Å². The molecule has 1 aromatic carbocycles. The monoisotopic (exact) mass is 291 g/mol. The first-order chi connectivity index (χ1) is 9.70. The second kappa shape index (κ2) is 7.11. The zero-order chi connectivity index (χ0) is 16.0. The van der Waals surface area contributed by atoms with E-state index >= 15 is 0 Å². The van der Waals surface area contributed by atoms with Gasteiger partial charge in [-0.15, -0.1) is 0 Å². The summed E-state index contributed by atoms with van der Waals surface area (Å²) in [7, 11) is 0. The molecule has 0 aliphatic carbocycles. The van der Waals surface area contributed by atoms with Crippen LogP contribution in [0, 0.1) is 11.3 Å². The maximum atomic E-state index is 11.8. The van der Waals surface area contributed by atoms with Crippen molar-refractivity contribution in [2.45, 2.75) is 27.7 Å². The maximum Gasteiger partial charge on any atom is 0.251 e. The zero-order valence-electron chi connectivity index (χ0n) is 13.2. The third-order valence-electron chi connectivity index (χ3n) is 3.67. The van der Waals surface area contributed by atoms with Crippen LogP contribution in [-0.4, -0.2) is 24.9 Å². The number of nitrogen functional groups attached to an aromatic ring is 1. The number of benzene rings is 1. The minimum Gasteiger partial charge on any atom is -0.399 e. The Bertz CT molecular complexity index is 489. The van der Waals surface area contributed by atoms with Crippen LogP contribution in [0.25, 0.3) is 0 Å². The van der Waals surface area contributed by atoms with Gasteiger partial charge in [0.25, 0.3) is 5.91 Å². The summed E-state index contributed by atoms with van der Waals surface area (Å²) in [5, 5.41) is 5.42. The van der Waals surface area contributed by atoms with Crippen molar-refractivity contribution in [1.82, 2.24) is 10.6 Å². The number of carbonyl (C=O) groups is 2. The topological polar surface area (TPSA) is 84.2 Å². The summed E-state index contributed by atoms with van der Waals surface area (Å²) < 4.78 is 0. The number of carbonyl (C=O) groups excluding carboxylic acids is 2. The molecular formula is C16H25N3O2. The Hall–Kier alpha value is -2.04. The summed E-state index contributed by atoms with van der Waals surface area (Å²) in [4.78, 5) is 23.5. The summed E-state index contributed by atoms with van der Waals surface area (Å²) in [5.74, 6) is -0.113. The molecule has 1 rings (SSSR count). The van der Waals surface area contributed by atoms with Gasteiger partial charge in [-0.25, -0.2) is 0 Å². The first-order valence-corrected chi connectivity index (χ1v) is 7.10. The van der Waals surface area contributed by atoms with E-state index in [9.17, 15) is 9.59 Å². The number of hydrogen-bond acceptors (Lipinski definition) is 3. The molecule has 0 saturated carbocycles. The van der Waals surface area contributed by atoms with Crippen LogP contribution < -0.4 is 16.4 Å². The summed E-state index contributed by atoms with van der Waals surface area (Å²) in [6.07, 6.45) is 0. The van der Waals surface area contributed by atoms with Gasteiger partial charge in [-0.2, -0.15) is 0 Å². The van der Waals surface area contributed by atoms with E-state index < -0.39 is 0 Å². The first kappa shape index (κ1) is 17.0. The predicted octanol–water partition coefficient (Wildman–Crippen LogP) is 1.80. The summed E-state index contributed by atoms with van der Waals surface area (Å²) in [6, 6.07) is 6.56. The molecule has 5 heteroatoms. The van der Waals surface area contributed by atoms with Gasteiger partial charge >= 0.3 is 0 Å². The lowest BCUT2D eigenvalue weighted by atomic mass is 9.82. The van der Waals surface area contributed by atoms with E-state index in [0.29, 0.717) is 23.7 Å². The summed E-state index contributed by atoms with van der Waals surface area (Å²) in [6.45, 7) is 9.06. The molecule has 116 valence electrons. The quantitative estimate of drug-likeness (QED) is 0.723. The Kier molecular flexibility index (Phi) is 5.76. The van der Waals surface area contributed by atoms with Crippen LogP contribution in [0.4, 0.5) is 5.69 Å². The number of nitrogens with one attached hydrogen (secondary N) is 2. The van der Waals surface area contributed by atoms with Crippen molar-refractivity contribution in [2.24, 2.45) is 11.3 Å². The fourth-order valence-corrected chi connectivity index (χ4v) is 1.53. The number of rotatable bonds is 5. The standard InChI is InChI=1S/C16H25N3O2/c1-11(16(2,3)4)9-18-14(20)10-19-15(21)12-5-7-13(17)8-6-12/h5-8,11H,9-10,17H2,1-4H3,(H,18,20)(H,19,21). The highest BCUT2D eigenvalue weighted by Crippen LogP contribution is 2.24. The van der Waals surface area contributed by atoms with Gasteiger partial charge < -0.3 is 16.4 Å². The Morgan fingerprint density at radius 3 is 2.24 bits per heavy atom. The van der Waals surface area contributed by atoms with E-state index in [1.807, 2.05) is 0 Å². The van der Waals surface area contributed by atoms with Crippen LogP contribution in [0.15, 0.2) is 24.3 Å². The Morgan fingerprint density at radius 1 is 1.14 bits per heavy atom. The highest BCUT2D eigenvalue weighted by atomic mass is 16.2. The van der Waals surface area contributed by atoms with E-state index in [1.54, 1.807) is 24.3 Å². The lowest BCUT2D eigenvalue weighted by Crippen LogP contribution is -2.40. The lowest BCUT2D eigenvalue weighted by molar-refractivity contribution is -0.120. The molecule has 0 spiro atoms. The fourth-order valence-electron chi connectivity index (χ4n) is 1.53. The van der Waals surface area contributed by atoms with Gasteiger partial charge in [0.2, 0.25) is 5.91 Å². The minimum absolute atomic E-state index is 0.0277. The Balaban J connectivity index is 2.36. The maximum absolute atomic E-state index is 11.8. The molecule has 2 amide bonds. The number of amides is 2. The molecule has 1 atom stereocenters. The Morgan fingerprint density at radius 2 is 1.71 bits per heavy atom. The molecule has 0 aliphatic heterocycles. The van der Waals surface area contributed by atoms with Gasteiger partial charge in [-0.3, -0.25) is 9.59 Å². The van der Waals surface area contributed by atoms with Crippen molar-refractivity contribution in [3.63, 3.8) is 0 Å². The second-order valence-electron chi connectivity index (χ2n) is 6.38. The van der Waals surface area contributed by atoms with E-state index in [0.717, 1.165) is 0 Å². The van der Waals surface area contributed by atoms with Crippen LogP contribution in [-0.2, 0) is 4.79 Å². The molecule has 0 saturated heterocycles. The van der Waals surface area contributed by atoms with E-state index in [4.69, 9.17) is 5.73 Å². The van der Waals surface area contributed by atoms with Crippen LogP contribution in [0.5, 0.6) is 0 Å².